The highest BCUT2D eigenvalue weighted by Gasteiger charge is 1.87. The summed E-state index contributed by atoms with van der Waals surface area (Å²) in [5, 5.41) is 0. The van der Waals surface area contributed by atoms with Gasteiger partial charge < -0.3 is 5.73 Å². The second-order valence-electron chi connectivity index (χ2n) is 3.00. The van der Waals surface area contributed by atoms with Gasteiger partial charge in [-0.2, -0.15) is 0 Å². The molecular weight excluding hydrogens is 158 g/mol. The van der Waals surface area contributed by atoms with Gasteiger partial charge in [0.2, 0.25) is 0 Å². The van der Waals surface area contributed by atoms with Gasteiger partial charge in [-0.15, -0.1) is 0 Å². The van der Waals surface area contributed by atoms with E-state index in [1.54, 1.807) is 0 Å². The molecule has 0 aliphatic rings. The molecule has 0 radical (unpaired) electrons. The van der Waals surface area contributed by atoms with Crippen LogP contribution in [0.15, 0.2) is 48.7 Å². The third-order valence-electron chi connectivity index (χ3n) is 1.83. The van der Waals surface area contributed by atoms with Gasteiger partial charge >= 0.3 is 0 Å². The number of hydrogen-bond acceptors (Lipinski definition) is 1. The number of aryl methyl sites for hydroxylation is 1. The number of hydrogen-bond donors (Lipinski definition) is 1. The number of rotatable bonds is 3. The van der Waals surface area contributed by atoms with Gasteiger partial charge in [-0.1, -0.05) is 42.0 Å². The van der Waals surface area contributed by atoms with Crippen molar-refractivity contribution in [2.24, 2.45) is 5.73 Å². The van der Waals surface area contributed by atoms with Crippen molar-refractivity contribution in [1.29, 1.82) is 0 Å². The molecule has 13 heavy (non-hydrogen) atoms. The number of nitrogens with two attached hydrogens (primary N) is 1. The molecule has 0 amide bonds. The van der Waals surface area contributed by atoms with Gasteiger partial charge in [-0.3, -0.25) is 0 Å². The van der Waals surface area contributed by atoms with E-state index in [-0.39, 0.29) is 0 Å². The first-order chi connectivity index (χ1) is 6.33. The summed E-state index contributed by atoms with van der Waals surface area (Å²) in [5.41, 5.74) is 7.82. The Bertz CT molecular complexity index is 293. The van der Waals surface area contributed by atoms with Crippen molar-refractivity contribution in [1.82, 2.24) is 0 Å². The quantitative estimate of drug-likeness (QED) is 0.698. The van der Waals surface area contributed by atoms with E-state index in [0.717, 1.165) is 6.42 Å². The molecule has 0 fully saturated rings. The third-order valence-corrected chi connectivity index (χ3v) is 1.83. The van der Waals surface area contributed by atoms with Crippen molar-refractivity contribution in [2.75, 3.05) is 0 Å². The minimum atomic E-state index is 0.963. The molecule has 0 spiro atoms. The van der Waals surface area contributed by atoms with Gasteiger partial charge in [-0.05, 0) is 31.2 Å². The van der Waals surface area contributed by atoms with Gasteiger partial charge in [0.1, 0.15) is 0 Å². The highest BCUT2D eigenvalue weighted by atomic mass is 14.5. The van der Waals surface area contributed by atoms with E-state index in [9.17, 15) is 0 Å². The molecule has 1 rings (SSSR count). The third kappa shape index (κ3) is 3.61. The van der Waals surface area contributed by atoms with Crippen LogP contribution in [0.5, 0.6) is 0 Å². The smallest absolute Gasteiger partial charge is 0.00625 e. The second-order valence-corrected chi connectivity index (χ2v) is 3.00. The van der Waals surface area contributed by atoms with Crippen molar-refractivity contribution in [3.8, 4) is 0 Å². The normalized spacial score (nSPS) is 11.5. The van der Waals surface area contributed by atoms with Crippen molar-refractivity contribution >= 4 is 0 Å². The van der Waals surface area contributed by atoms with Gasteiger partial charge in [0.25, 0.3) is 0 Å². The topological polar surface area (TPSA) is 26.0 Å². The molecule has 0 heterocycles. The maximum atomic E-state index is 5.20. The van der Waals surface area contributed by atoms with Gasteiger partial charge in [0.05, 0.1) is 0 Å². The van der Waals surface area contributed by atoms with Crippen molar-refractivity contribution in [2.45, 2.75) is 13.3 Å². The van der Waals surface area contributed by atoms with Crippen molar-refractivity contribution in [3.63, 3.8) is 0 Å². The van der Waals surface area contributed by atoms with Crippen LogP contribution in [0.25, 0.3) is 0 Å². The monoisotopic (exact) mass is 173 g/mol. The zero-order valence-electron chi connectivity index (χ0n) is 7.90. The predicted molar refractivity (Wildman–Crippen MR) is 57.4 cm³/mol. The molecule has 1 aromatic carbocycles. The maximum Gasteiger partial charge on any atom is -0.00625 e. The van der Waals surface area contributed by atoms with Crippen LogP contribution in [0.1, 0.15) is 11.1 Å². The minimum absolute atomic E-state index is 0.963. The van der Waals surface area contributed by atoms with Gasteiger partial charge in [-0.25, -0.2) is 0 Å². The molecule has 0 unspecified atom stereocenters. The van der Waals surface area contributed by atoms with Crippen LogP contribution in [0.3, 0.4) is 0 Å². The lowest BCUT2D eigenvalue weighted by Gasteiger charge is -1.96. The molecular formula is C12H15N. The lowest BCUT2D eigenvalue weighted by Crippen LogP contribution is -1.80. The molecule has 0 aliphatic carbocycles. The summed E-state index contributed by atoms with van der Waals surface area (Å²) in [5.74, 6) is 0. The summed E-state index contributed by atoms with van der Waals surface area (Å²) in [6.45, 7) is 2.09. The Labute approximate surface area is 79.6 Å². The number of allylic oxidation sites excluding steroid dienone is 3. The molecule has 0 aliphatic heterocycles. The van der Waals surface area contributed by atoms with Gasteiger partial charge in [0.15, 0.2) is 0 Å². The second kappa shape index (κ2) is 5.20. The van der Waals surface area contributed by atoms with E-state index >= 15 is 0 Å². The lowest BCUT2D eigenvalue weighted by atomic mass is 10.1. The molecule has 1 heteroatoms. The van der Waals surface area contributed by atoms with Crippen LogP contribution >= 0.6 is 0 Å². The van der Waals surface area contributed by atoms with Crippen LogP contribution in [0.4, 0.5) is 0 Å². The highest BCUT2D eigenvalue weighted by Crippen LogP contribution is 2.04. The molecule has 1 aromatic rings. The van der Waals surface area contributed by atoms with E-state index in [1.165, 1.54) is 17.3 Å². The summed E-state index contributed by atoms with van der Waals surface area (Å²) in [6, 6.07) is 8.54. The predicted octanol–water partition coefficient (Wildman–Crippen LogP) is 2.57. The average molecular weight is 173 g/mol. The summed E-state index contributed by atoms with van der Waals surface area (Å²) in [4.78, 5) is 0. The Morgan fingerprint density at radius 3 is 2.46 bits per heavy atom. The Hall–Kier alpha value is -1.50. The summed E-state index contributed by atoms with van der Waals surface area (Å²) >= 11 is 0. The molecule has 1 nitrogen and oxygen atoms in total. The first-order valence-corrected chi connectivity index (χ1v) is 4.42. The summed E-state index contributed by atoms with van der Waals surface area (Å²) in [7, 11) is 0. The Kier molecular flexibility index (Phi) is 3.83. The number of benzene rings is 1. The van der Waals surface area contributed by atoms with Crippen molar-refractivity contribution in [3.05, 3.63) is 59.8 Å². The molecule has 0 aromatic heterocycles. The SMILES string of the molecule is Cc1ccc(C/C=C\C=C/N)cc1. The maximum absolute atomic E-state index is 5.20. The van der Waals surface area contributed by atoms with Crippen molar-refractivity contribution < 1.29 is 0 Å². The molecule has 2 N–H and O–H groups in total. The van der Waals surface area contributed by atoms with Crippen LogP contribution in [0, 0.1) is 6.92 Å². The van der Waals surface area contributed by atoms with E-state index in [0.29, 0.717) is 0 Å². The fourth-order valence-corrected chi connectivity index (χ4v) is 1.07. The van der Waals surface area contributed by atoms with Crippen LogP contribution in [-0.2, 0) is 6.42 Å². The van der Waals surface area contributed by atoms with Crippen LogP contribution < -0.4 is 5.73 Å². The fourth-order valence-electron chi connectivity index (χ4n) is 1.07. The first-order valence-electron chi connectivity index (χ1n) is 4.42. The summed E-state index contributed by atoms with van der Waals surface area (Å²) < 4.78 is 0. The molecule has 0 atom stereocenters. The Morgan fingerprint density at radius 2 is 1.85 bits per heavy atom. The lowest BCUT2D eigenvalue weighted by molar-refractivity contribution is 1.26. The largest absolute Gasteiger partial charge is 0.405 e. The van der Waals surface area contributed by atoms with Gasteiger partial charge in [0, 0.05) is 0 Å². The fraction of sp³-hybridized carbons (Fsp3) is 0.167. The molecule has 0 bridgehead atoms. The Morgan fingerprint density at radius 1 is 1.15 bits per heavy atom. The highest BCUT2D eigenvalue weighted by molar-refractivity contribution is 5.23. The molecule has 0 saturated heterocycles. The Balaban J connectivity index is 2.50. The van der Waals surface area contributed by atoms with E-state index < -0.39 is 0 Å². The zero-order valence-corrected chi connectivity index (χ0v) is 7.90. The van der Waals surface area contributed by atoms with Crippen LogP contribution in [-0.4, -0.2) is 0 Å². The molecule has 0 saturated carbocycles. The first kappa shape index (κ1) is 9.59. The van der Waals surface area contributed by atoms with E-state index in [2.05, 4.69) is 37.3 Å². The van der Waals surface area contributed by atoms with E-state index in [1.807, 2.05) is 12.2 Å². The van der Waals surface area contributed by atoms with Crippen LogP contribution in [0.2, 0.25) is 0 Å². The minimum Gasteiger partial charge on any atom is -0.405 e. The average Bonchev–Trinajstić information content (AvgIpc) is 2.15. The zero-order chi connectivity index (χ0) is 9.52. The summed E-state index contributed by atoms with van der Waals surface area (Å²) in [6.07, 6.45) is 8.37. The van der Waals surface area contributed by atoms with E-state index in [4.69, 9.17) is 5.73 Å². The standard InChI is InChI=1S/C12H15N/c1-11-6-8-12(9-7-11)5-3-2-4-10-13/h2-4,6-10H,5,13H2,1H3/b3-2-,10-4-. The molecule has 68 valence electrons.